The summed E-state index contributed by atoms with van der Waals surface area (Å²) in [7, 11) is 0. The predicted molar refractivity (Wildman–Crippen MR) is 88.0 cm³/mol. The molecule has 1 saturated heterocycles. The van der Waals surface area contributed by atoms with Crippen LogP contribution in [0.15, 0.2) is 40.0 Å². The molecule has 1 aliphatic rings. The van der Waals surface area contributed by atoms with Gasteiger partial charge in [-0.15, -0.1) is 10.2 Å². The molecule has 3 rings (SSSR count). The summed E-state index contributed by atoms with van der Waals surface area (Å²) in [6, 6.07) is 9.71. The van der Waals surface area contributed by atoms with Gasteiger partial charge in [-0.3, -0.25) is 9.59 Å². The number of carbonyl (C=O) groups is 2. The molecule has 0 unspecified atom stereocenters. The number of benzene rings is 1. The number of nitrogens with one attached hydrogen (secondary N) is 1. The second-order valence-electron chi connectivity index (χ2n) is 5.43. The highest BCUT2D eigenvalue weighted by molar-refractivity contribution is 7.99. The first kappa shape index (κ1) is 16.5. The molecule has 8 heteroatoms. The van der Waals surface area contributed by atoms with Crippen molar-refractivity contribution < 1.29 is 14.0 Å². The Labute approximate surface area is 143 Å². The van der Waals surface area contributed by atoms with Gasteiger partial charge in [-0.2, -0.15) is 0 Å². The maximum absolute atomic E-state index is 11.8. The van der Waals surface area contributed by atoms with Crippen molar-refractivity contribution in [2.45, 2.75) is 31.2 Å². The van der Waals surface area contributed by atoms with Crippen molar-refractivity contribution in [1.82, 2.24) is 20.4 Å². The molecule has 1 aromatic carbocycles. The van der Waals surface area contributed by atoms with Crippen LogP contribution in [0.2, 0.25) is 0 Å². The van der Waals surface area contributed by atoms with E-state index in [9.17, 15) is 9.59 Å². The van der Waals surface area contributed by atoms with Gasteiger partial charge in [0.2, 0.25) is 17.7 Å². The maximum Gasteiger partial charge on any atom is 0.277 e. The SMILES string of the molecule is O=C(CSc1nnc(CN2CCCC2=O)o1)NCc1ccccc1. The number of thioether (sulfide) groups is 1. The maximum atomic E-state index is 11.8. The molecule has 24 heavy (non-hydrogen) atoms. The van der Waals surface area contributed by atoms with Gasteiger partial charge in [0.05, 0.1) is 12.3 Å². The summed E-state index contributed by atoms with van der Waals surface area (Å²) in [6.45, 7) is 1.56. The summed E-state index contributed by atoms with van der Waals surface area (Å²) in [4.78, 5) is 25.1. The molecule has 2 aromatic rings. The van der Waals surface area contributed by atoms with Gasteiger partial charge in [-0.25, -0.2) is 0 Å². The van der Waals surface area contributed by atoms with Crippen LogP contribution in [-0.4, -0.2) is 39.2 Å². The van der Waals surface area contributed by atoms with E-state index in [-0.39, 0.29) is 17.6 Å². The number of carbonyl (C=O) groups excluding carboxylic acids is 2. The van der Waals surface area contributed by atoms with Crippen molar-refractivity contribution >= 4 is 23.6 Å². The Balaban J connectivity index is 1.41. The van der Waals surface area contributed by atoms with E-state index < -0.39 is 0 Å². The summed E-state index contributed by atoms with van der Waals surface area (Å²) in [5.41, 5.74) is 1.05. The number of aromatic nitrogens is 2. The molecule has 0 bridgehead atoms. The van der Waals surface area contributed by atoms with Crippen molar-refractivity contribution in [1.29, 1.82) is 0 Å². The van der Waals surface area contributed by atoms with Crippen LogP contribution in [0.5, 0.6) is 0 Å². The number of rotatable bonds is 7. The second-order valence-corrected chi connectivity index (χ2v) is 6.36. The quantitative estimate of drug-likeness (QED) is 0.766. The Bertz CT molecular complexity index is 704. The molecule has 1 aromatic heterocycles. The van der Waals surface area contributed by atoms with Crippen LogP contribution in [0.3, 0.4) is 0 Å². The fourth-order valence-corrected chi connectivity index (χ4v) is 2.98. The van der Waals surface area contributed by atoms with E-state index in [1.807, 2.05) is 30.3 Å². The smallest absolute Gasteiger partial charge is 0.277 e. The van der Waals surface area contributed by atoms with E-state index in [4.69, 9.17) is 4.42 Å². The molecule has 0 aliphatic carbocycles. The average molecular weight is 346 g/mol. The predicted octanol–water partition coefficient (Wildman–Crippen LogP) is 1.60. The fraction of sp³-hybridized carbons (Fsp3) is 0.375. The topological polar surface area (TPSA) is 88.3 Å². The van der Waals surface area contributed by atoms with Gasteiger partial charge < -0.3 is 14.6 Å². The molecule has 0 atom stereocenters. The summed E-state index contributed by atoms with van der Waals surface area (Å²) < 4.78 is 5.47. The molecule has 1 aliphatic heterocycles. The van der Waals surface area contributed by atoms with E-state index >= 15 is 0 Å². The number of amides is 2. The lowest BCUT2D eigenvalue weighted by Gasteiger charge is -2.11. The molecule has 7 nitrogen and oxygen atoms in total. The van der Waals surface area contributed by atoms with Crippen LogP contribution >= 0.6 is 11.8 Å². The Morgan fingerprint density at radius 1 is 1.29 bits per heavy atom. The normalized spacial score (nSPS) is 14.2. The summed E-state index contributed by atoms with van der Waals surface area (Å²) in [5.74, 6) is 0.621. The van der Waals surface area contributed by atoms with Gasteiger partial charge in [0.15, 0.2) is 0 Å². The Morgan fingerprint density at radius 2 is 2.12 bits per heavy atom. The molecule has 2 amide bonds. The van der Waals surface area contributed by atoms with E-state index in [0.717, 1.165) is 18.5 Å². The lowest BCUT2D eigenvalue weighted by Crippen LogP contribution is -2.24. The second kappa shape index (κ2) is 7.96. The highest BCUT2D eigenvalue weighted by Crippen LogP contribution is 2.18. The third-order valence-corrected chi connectivity index (χ3v) is 4.42. The first-order valence-electron chi connectivity index (χ1n) is 7.74. The molecule has 0 radical (unpaired) electrons. The lowest BCUT2D eigenvalue weighted by molar-refractivity contribution is -0.128. The van der Waals surface area contributed by atoms with Crippen molar-refractivity contribution in [2.75, 3.05) is 12.3 Å². The van der Waals surface area contributed by atoms with Gasteiger partial charge in [0.1, 0.15) is 0 Å². The number of nitrogens with zero attached hydrogens (tertiary/aromatic N) is 3. The van der Waals surface area contributed by atoms with E-state index in [2.05, 4.69) is 15.5 Å². The minimum absolute atomic E-state index is 0.0988. The van der Waals surface area contributed by atoms with Crippen LogP contribution in [0.1, 0.15) is 24.3 Å². The number of hydrogen-bond donors (Lipinski definition) is 1. The lowest BCUT2D eigenvalue weighted by atomic mass is 10.2. The molecule has 126 valence electrons. The van der Waals surface area contributed by atoms with Gasteiger partial charge >= 0.3 is 0 Å². The molecule has 0 spiro atoms. The average Bonchev–Trinajstić information content (AvgIpc) is 3.22. The Morgan fingerprint density at radius 3 is 2.88 bits per heavy atom. The van der Waals surface area contributed by atoms with Gasteiger partial charge in [0.25, 0.3) is 5.22 Å². The van der Waals surface area contributed by atoms with Crippen LogP contribution < -0.4 is 5.32 Å². The minimum Gasteiger partial charge on any atom is -0.414 e. The first-order valence-corrected chi connectivity index (χ1v) is 8.73. The molecule has 2 heterocycles. The monoisotopic (exact) mass is 346 g/mol. The van der Waals surface area contributed by atoms with Crippen molar-refractivity contribution in [3.05, 3.63) is 41.8 Å². The third-order valence-electron chi connectivity index (χ3n) is 3.61. The highest BCUT2D eigenvalue weighted by Gasteiger charge is 2.22. The largest absolute Gasteiger partial charge is 0.414 e. The zero-order valence-electron chi connectivity index (χ0n) is 13.1. The summed E-state index contributed by atoms with van der Waals surface area (Å²) in [5, 5.41) is 11.0. The third kappa shape index (κ3) is 4.58. The minimum atomic E-state index is -0.0988. The van der Waals surface area contributed by atoms with Crippen molar-refractivity contribution in [3.8, 4) is 0 Å². The van der Waals surface area contributed by atoms with Crippen LogP contribution in [-0.2, 0) is 22.7 Å². The van der Waals surface area contributed by atoms with E-state index in [0.29, 0.717) is 30.6 Å². The zero-order chi connectivity index (χ0) is 16.8. The van der Waals surface area contributed by atoms with Gasteiger partial charge in [-0.1, -0.05) is 42.1 Å². The van der Waals surface area contributed by atoms with Crippen molar-refractivity contribution in [3.63, 3.8) is 0 Å². The fourth-order valence-electron chi connectivity index (χ4n) is 2.37. The van der Waals surface area contributed by atoms with Gasteiger partial charge in [0, 0.05) is 19.5 Å². The number of likely N-dealkylation sites (tertiary alicyclic amines) is 1. The molecule has 1 fully saturated rings. The van der Waals surface area contributed by atoms with Crippen LogP contribution in [0, 0.1) is 0 Å². The zero-order valence-corrected chi connectivity index (χ0v) is 13.9. The summed E-state index contributed by atoms with van der Waals surface area (Å²) in [6.07, 6.45) is 1.45. The van der Waals surface area contributed by atoms with Crippen LogP contribution in [0.4, 0.5) is 0 Å². The molecular formula is C16H18N4O3S. The highest BCUT2D eigenvalue weighted by atomic mass is 32.2. The molecule has 1 N–H and O–H groups in total. The Hall–Kier alpha value is -2.35. The Kier molecular flexibility index (Phi) is 5.47. The van der Waals surface area contributed by atoms with E-state index in [1.165, 1.54) is 11.8 Å². The van der Waals surface area contributed by atoms with Gasteiger partial charge in [-0.05, 0) is 12.0 Å². The van der Waals surface area contributed by atoms with E-state index in [1.54, 1.807) is 4.90 Å². The molecule has 0 saturated carbocycles. The standard InChI is InChI=1S/C16H18N4O3S/c21-13(17-9-12-5-2-1-3-6-12)11-24-16-19-18-14(23-16)10-20-8-4-7-15(20)22/h1-3,5-6H,4,7-11H2,(H,17,21). The van der Waals surface area contributed by atoms with Crippen LogP contribution in [0.25, 0.3) is 0 Å². The number of hydrogen-bond acceptors (Lipinski definition) is 6. The first-order chi connectivity index (χ1) is 11.7. The molecular weight excluding hydrogens is 328 g/mol. The van der Waals surface area contributed by atoms with Crippen molar-refractivity contribution in [2.24, 2.45) is 0 Å². The summed E-state index contributed by atoms with van der Waals surface area (Å²) >= 11 is 1.19.